The van der Waals surface area contributed by atoms with Crippen molar-refractivity contribution in [1.29, 1.82) is 5.26 Å². The normalized spacial score (nSPS) is 17.1. The molecule has 1 atom stereocenters. The summed E-state index contributed by atoms with van der Waals surface area (Å²) in [6.07, 6.45) is 0. The molecule has 1 aliphatic heterocycles. The lowest BCUT2D eigenvalue weighted by atomic mass is 10.1. The van der Waals surface area contributed by atoms with E-state index in [1.165, 1.54) is 5.56 Å². The highest BCUT2D eigenvalue weighted by Gasteiger charge is 2.20. The second-order valence-corrected chi connectivity index (χ2v) is 6.02. The molecular weight excluding hydrogens is 278 g/mol. The molecule has 1 aliphatic rings. The molecule has 3 rings (SSSR count). The highest BCUT2D eigenvalue weighted by Crippen LogP contribution is 2.34. The van der Waals surface area contributed by atoms with E-state index in [4.69, 9.17) is 5.26 Å². The third-order valence-corrected chi connectivity index (χ3v) is 4.56. The molecule has 0 aliphatic carbocycles. The van der Waals surface area contributed by atoms with Crippen LogP contribution in [0.15, 0.2) is 59.6 Å². The molecule has 0 fully saturated rings. The molecule has 0 saturated carbocycles. The molecule has 1 N–H and O–H groups in total. The van der Waals surface area contributed by atoms with Crippen LogP contribution in [0.3, 0.4) is 0 Å². The first kappa shape index (κ1) is 13.7. The number of rotatable bonds is 3. The molecule has 2 aromatic rings. The van der Waals surface area contributed by atoms with E-state index in [0.29, 0.717) is 10.8 Å². The van der Waals surface area contributed by atoms with Gasteiger partial charge < -0.3 is 5.32 Å². The molecule has 3 nitrogen and oxygen atoms in total. The summed E-state index contributed by atoms with van der Waals surface area (Å²) >= 11 is 1.78. The highest BCUT2D eigenvalue weighted by molar-refractivity contribution is 8.14. The minimum atomic E-state index is 0.412. The van der Waals surface area contributed by atoms with Crippen LogP contribution in [0.5, 0.6) is 0 Å². The van der Waals surface area contributed by atoms with E-state index >= 15 is 0 Å². The summed E-state index contributed by atoms with van der Waals surface area (Å²) in [4.78, 5) is 4.56. The van der Waals surface area contributed by atoms with Crippen LogP contribution in [0.25, 0.3) is 0 Å². The third-order valence-electron chi connectivity index (χ3n) is 3.35. The number of hydrogen-bond donors (Lipinski definition) is 1. The fourth-order valence-corrected chi connectivity index (χ4v) is 3.20. The first-order valence-corrected chi connectivity index (χ1v) is 7.72. The molecule has 0 amide bonds. The van der Waals surface area contributed by atoms with Gasteiger partial charge in [0.25, 0.3) is 0 Å². The van der Waals surface area contributed by atoms with E-state index in [1.807, 2.05) is 30.3 Å². The van der Waals surface area contributed by atoms with E-state index in [9.17, 15) is 0 Å². The Morgan fingerprint density at radius 3 is 2.62 bits per heavy atom. The molecule has 1 unspecified atom stereocenters. The molecule has 4 heteroatoms. The maximum absolute atomic E-state index is 8.78. The predicted octanol–water partition coefficient (Wildman–Crippen LogP) is 3.49. The number of nitrogens with one attached hydrogen (secondary N) is 1. The number of thioether (sulfide) groups is 1. The van der Waals surface area contributed by atoms with Crippen molar-refractivity contribution in [2.24, 2.45) is 4.99 Å². The van der Waals surface area contributed by atoms with E-state index in [0.717, 1.165) is 23.8 Å². The summed E-state index contributed by atoms with van der Waals surface area (Å²) in [7, 11) is 0. The topological polar surface area (TPSA) is 48.2 Å². The van der Waals surface area contributed by atoms with Crippen molar-refractivity contribution < 1.29 is 0 Å². The van der Waals surface area contributed by atoms with Crippen molar-refractivity contribution in [2.45, 2.75) is 11.8 Å². The van der Waals surface area contributed by atoms with Gasteiger partial charge >= 0.3 is 0 Å². The van der Waals surface area contributed by atoms with Crippen LogP contribution in [0.4, 0.5) is 0 Å². The van der Waals surface area contributed by atoms with Crippen LogP contribution in [0.2, 0.25) is 0 Å². The van der Waals surface area contributed by atoms with E-state index < -0.39 is 0 Å². The second kappa shape index (κ2) is 6.47. The molecule has 0 bridgehead atoms. The van der Waals surface area contributed by atoms with Crippen molar-refractivity contribution in [3.8, 4) is 6.07 Å². The van der Waals surface area contributed by atoms with E-state index in [1.54, 1.807) is 11.8 Å². The van der Waals surface area contributed by atoms with Crippen molar-refractivity contribution >= 4 is 16.9 Å². The number of nitriles is 1. The Morgan fingerprint density at radius 2 is 1.90 bits per heavy atom. The molecule has 0 spiro atoms. The average Bonchev–Trinajstić information content (AvgIpc) is 3.03. The molecule has 104 valence electrons. The number of nitrogens with zero attached hydrogens (tertiary/aromatic N) is 2. The van der Waals surface area contributed by atoms with Gasteiger partial charge in [-0.15, -0.1) is 0 Å². The number of hydrogen-bond acceptors (Lipinski definition) is 4. The van der Waals surface area contributed by atoms with E-state index in [2.05, 4.69) is 40.6 Å². The zero-order chi connectivity index (χ0) is 14.5. The van der Waals surface area contributed by atoms with Crippen LogP contribution >= 0.6 is 11.8 Å². The van der Waals surface area contributed by atoms with Crippen LogP contribution in [0.1, 0.15) is 21.9 Å². The summed E-state index contributed by atoms with van der Waals surface area (Å²) in [5.74, 6) is 0. The largest absolute Gasteiger partial charge is 0.361 e. The molecule has 1 heterocycles. The first-order valence-electron chi connectivity index (χ1n) is 6.84. The van der Waals surface area contributed by atoms with Crippen LogP contribution < -0.4 is 5.32 Å². The third kappa shape index (κ3) is 3.45. The zero-order valence-corrected chi connectivity index (χ0v) is 12.3. The lowest BCUT2D eigenvalue weighted by Gasteiger charge is -2.09. The zero-order valence-electron chi connectivity index (χ0n) is 11.5. The first-order chi connectivity index (χ1) is 10.3. The Hall–Kier alpha value is -2.25. The number of benzene rings is 2. The van der Waals surface area contributed by atoms with Gasteiger partial charge in [0.05, 0.1) is 23.4 Å². The maximum atomic E-state index is 8.78. The summed E-state index contributed by atoms with van der Waals surface area (Å²) < 4.78 is 0. The smallest absolute Gasteiger partial charge is 0.157 e. The molecule has 0 saturated heterocycles. The van der Waals surface area contributed by atoms with Gasteiger partial charge in [0.1, 0.15) is 0 Å². The molecule has 21 heavy (non-hydrogen) atoms. The van der Waals surface area contributed by atoms with Gasteiger partial charge in [-0.2, -0.15) is 5.26 Å². The van der Waals surface area contributed by atoms with Gasteiger partial charge in [-0.05, 0) is 23.3 Å². The van der Waals surface area contributed by atoms with Gasteiger partial charge in [-0.3, -0.25) is 4.99 Å². The Morgan fingerprint density at radius 1 is 1.14 bits per heavy atom. The van der Waals surface area contributed by atoms with Gasteiger partial charge in [0.2, 0.25) is 0 Å². The van der Waals surface area contributed by atoms with Gasteiger partial charge in [-0.25, -0.2) is 0 Å². The minimum absolute atomic E-state index is 0.412. The monoisotopic (exact) mass is 293 g/mol. The van der Waals surface area contributed by atoms with Gasteiger partial charge in [0, 0.05) is 6.54 Å². The summed E-state index contributed by atoms with van der Waals surface area (Å²) in [6, 6.07) is 20.2. The van der Waals surface area contributed by atoms with Crippen molar-refractivity contribution in [1.82, 2.24) is 5.32 Å². The van der Waals surface area contributed by atoms with Crippen LogP contribution in [0, 0.1) is 11.3 Å². The van der Waals surface area contributed by atoms with Crippen molar-refractivity contribution in [2.75, 3.05) is 6.54 Å². The van der Waals surface area contributed by atoms with Crippen molar-refractivity contribution in [3.05, 3.63) is 71.3 Å². The van der Waals surface area contributed by atoms with Crippen molar-refractivity contribution in [3.63, 3.8) is 0 Å². The summed E-state index contributed by atoms with van der Waals surface area (Å²) in [5.41, 5.74) is 3.16. The number of amidine groups is 1. The fourth-order valence-electron chi connectivity index (χ4n) is 2.19. The lowest BCUT2D eigenvalue weighted by Crippen LogP contribution is -2.18. The quantitative estimate of drug-likeness (QED) is 0.942. The predicted molar refractivity (Wildman–Crippen MR) is 87.1 cm³/mol. The molecular formula is C17H15N3S. The average molecular weight is 293 g/mol. The van der Waals surface area contributed by atoms with Crippen LogP contribution in [-0.2, 0) is 6.54 Å². The Balaban J connectivity index is 1.54. The van der Waals surface area contributed by atoms with E-state index in [-0.39, 0.29) is 0 Å². The van der Waals surface area contributed by atoms with Crippen LogP contribution in [-0.4, -0.2) is 11.7 Å². The Labute approximate surface area is 128 Å². The summed E-state index contributed by atoms with van der Waals surface area (Å²) in [6.45, 7) is 1.56. The highest BCUT2D eigenvalue weighted by atomic mass is 32.2. The summed E-state index contributed by atoms with van der Waals surface area (Å²) in [5, 5.41) is 13.6. The fraction of sp³-hybridized carbons (Fsp3) is 0.176. The lowest BCUT2D eigenvalue weighted by molar-refractivity contribution is 0.911. The second-order valence-electron chi connectivity index (χ2n) is 4.83. The Kier molecular flexibility index (Phi) is 4.23. The van der Waals surface area contributed by atoms with Gasteiger partial charge in [-0.1, -0.05) is 54.2 Å². The standard InChI is InChI=1S/C17H15N3S/c18-10-13-6-8-14(9-7-13)11-19-17-20-12-16(21-17)15-4-2-1-3-5-15/h1-9,16H,11-12H2,(H,19,20). The molecule has 0 radical (unpaired) electrons. The minimum Gasteiger partial charge on any atom is -0.361 e. The maximum Gasteiger partial charge on any atom is 0.157 e. The Bertz CT molecular complexity index is 671. The SMILES string of the molecule is N#Cc1ccc(CNC2=NCC(c3ccccc3)S2)cc1. The number of aliphatic imine (C=N–C) groups is 1. The molecule has 2 aromatic carbocycles. The molecule has 0 aromatic heterocycles. The van der Waals surface area contributed by atoms with Gasteiger partial charge in [0.15, 0.2) is 5.17 Å².